The van der Waals surface area contributed by atoms with Gasteiger partial charge < -0.3 is 14.6 Å². The highest BCUT2D eigenvalue weighted by Crippen LogP contribution is 2.28. The highest BCUT2D eigenvalue weighted by atomic mass is 16.5. The summed E-state index contributed by atoms with van der Waals surface area (Å²) in [5.41, 5.74) is 3.23. The van der Waals surface area contributed by atoms with Crippen LogP contribution in [0.15, 0.2) is 60.7 Å². The van der Waals surface area contributed by atoms with Gasteiger partial charge in [-0.05, 0) is 50.5 Å². The van der Waals surface area contributed by atoms with Gasteiger partial charge in [-0.3, -0.25) is 14.5 Å². The molecule has 0 radical (unpaired) electrons. The minimum atomic E-state index is -1.15. The fraction of sp³-hybridized carbons (Fsp3) is 0.321. The topological polar surface area (TPSA) is 80.6 Å². The van der Waals surface area contributed by atoms with Gasteiger partial charge in [0.2, 0.25) is 0 Å². The summed E-state index contributed by atoms with van der Waals surface area (Å²) in [6.45, 7) is 6.00. The van der Waals surface area contributed by atoms with Crippen LogP contribution in [0.25, 0.3) is 0 Å². The Balaban J connectivity index is 1.48. The Labute approximate surface area is 205 Å². The third kappa shape index (κ3) is 4.85. The maximum Gasteiger partial charge on any atom is 0.325 e. The Morgan fingerprint density at radius 3 is 2.43 bits per heavy atom. The molecular weight excluding hydrogens is 442 g/mol. The molecule has 1 N–H and O–H groups in total. The molecule has 4 rings (SSSR count). The quantitative estimate of drug-likeness (QED) is 0.375. The summed E-state index contributed by atoms with van der Waals surface area (Å²) in [4.78, 5) is 40.2. The van der Waals surface area contributed by atoms with Gasteiger partial charge in [0.1, 0.15) is 11.3 Å². The molecule has 2 aromatic carbocycles. The molecule has 35 heavy (non-hydrogen) atoms. The van der Waals surface area contributed by atoms with E-state index < -0.39 is 17.5 Å². The van der Waals surface area contributed by atoms with Gasteiger partial charge in [0, 0.05) is 29.9 Å². The molecule has 2 heterocycles. The lowest BCUT2D eigenvalue weighted by Gasteiger charge is -2.22. The molecule has 0 bridgehead atoms. The van der Waals surface area contributed by atoms with Crippen molar-refractivity contribution in [1.82, 2.24) is 14.8 Å². The first-order chi connectivity index (χ1) is 16.7. The number of Topliss-reactive ketones (excluding diaryl/α,β-unsaturated/α-hetero) is 1. The van der Waals surface area contributed by atoms with Gasteiger partial charge in [-0.25, -0.2) is 4.79 Å². The summed E-state index contributed by atoms with van der Waals surface area (Å²) in [5, 5.41) is 2.78. The predicted molar refractivity (Wildman–Crippen MR) is 134 cm³/mol. The van der Waals surface area contributed by atoms with E-state index in [1.165, 1.54) is 5.56 Å². The molecule has 0 spiro atoms. The number of urea groups is 1. The SMILES string of the molecule is COc1ccccc1CC1(C)NC(=O)N(CC(=O)c2cc(C)n(CCc3ccccc3)c2C)C1=O. The van der Waals surface area contributed by atoms with E-state index in [0.29, 0.717) is 11.3 Å². The van der Waals surface area contributed by atoms with E-state index in [4.69, 9.17) is 4.74 Å². The molecule has 1 aliphatic rings. The minimum Gasteiger partial charge on any atom is -0.496 e. The number of benzene rings is 2. The average molecular weight is 474 g/mol. The molecule has 1 atom stereocenters. The maximum atomic E-state index is 13.3. The van der Waals surface area contributed by atoms with Crippen LogP contribution in [0.5, 0.6) is 5.75 Å². The second-order valence-electron chi connectivity index (χ2n) is 9.24. The Morgan fingerprint density at radius 1 is 1.03 bits per heavy atom. The molecule has 182 valence electrons. The van der Waals surface area contributed by atoms with Crippen LogP contribution >= 0.6 is 0 Å². The molecule has 3 amide bonds. The summed E-state index contributed by atoms with van der Waals surface area (Å²) in [6, 6.07) is 18.9. The van der Waals surface area contributed by atoms with Crippen LogP contribution in [0.3, 0.4) is 0 Å². The predicted octanol–water partition coefficient (Wildman–Crippen LogP) is 4.09. The van der Waals surface area contributed by atoms with Gasteiger partial charge in [-0.1, -0.05) is 48.5 Å². The second kappa shape index (κ2) is 9.78. The highest BCUT2D eigenvalue weighted by molar-refractivity contribution is 6.11. The zero-order chi connectivity index (χ0) is 25.2. The zero-order valence-electron chi connectivity index (χ0n) is 20.6. The number of ether oxygens (including phenoxy) is 1. The van der Waals surface area contributed by atoms with Gasteiger partial charge in [0.05, 0.1) is 13.7 Å². The van der Waals surface area contributed by atoms with Crippen molar-refractivity contribution < 1.29 is 19.1 Å². The first-order valence-corrected chi connectivity index (χ1v) is 11.7. The van der Waals surface area contributed by atoms with E-state index in [-0.39, 0.29) is 18.7 Å². The van der Waals surface area contributed by atoms with Crippen LogP contribution < -0.4 is 10.1 Å². The van der Waals surface area contributed by atoms with Crippen molar-refractivity contribution in [2.45, 2.75) is 45.7 Å². The molecule has 7 heteroatoms. The number of imide groups is 1. The lowest BCUT2D eigenvalue weighted by atomic mass is 9.92. The molecule has 1 aliphatic heterocycles. The van der Waals surface area contributed by atoms with Crippen LogP contribution in [0, 0.1) is 13.8 Å². The van der Waals surface area contributed by atoms with E-state index in [2.05, 4.69) is 22.0 Å². The molecule has 1 saturated heterocycles. The number of amides is 3. The van der Waals surface area contributed by atoms with Gasteiger partial charge in [0.15, 0.2) is 5.78 Å². The number of para-hydroxylation sites is 1. The second-order valence-corrected chi connectivity index (χ2v) is 9.24. The van der Waals surface area contributed by atoms with E-state index in [9.17, 15) is 14.4 Å². The fourth-order valence-corrected chi connectivity index (χ4v) is 4.78. The summed E-state index contributed by atoms with van der Waals surface area (Å²) >= 11 is 0. The van der Waals surface area contributed by atoms with Crippen molar-refractivity contribution in [3.05, 3.63) is 88.7 Å². The highest BCUT2D eigenvalue weighted by Gasteiger charge is 2.48. The number of aromatic nitrogens is 1. The van der Waals surface area contributed by atoms with Crippen molar-refractivity contribution in [2.75, 3.05) is 13.7 Å². The summed E-state index contributed by atoms with van der Waals surface area (Å²) in [7, 11) is 1.57. The smallest absolute Gasteiger partial charge is 0.325 e. The molecule has 1 fully saturated rings. The lowest BCUT2D eigenvalue weighted by molar-refractivity contribution is -0.130. The number of aryl methyl sites for hydroxylation is 2. The Kier molecular flexibility index (Phi) is 6.78. The number of nitrogens with zero attached hydrogens (tertiary/aromatic N) is 2. The van der Waals surface area contributed by atoms with Crippen molar-refractivity contribution in [1.29, 1.82) is 0 Å². The molecular formula is C28H31N3O4. The van der Waals surface area contributed by atoms with Crippen molar-refractivity contribution >= 4 is 17.7 Å². The van der Waals surface area contributed by atoms with Crippen LogP contribution in [-0.4, -0.2) is 46.4 Å². The Hall–Kier alpha value is -3.87. The van der Waals surface area contributed by atoms with Crippen LogP contribution in [0.1, 0.15) is 39.8 Å². The fourth-order valence-electron chi connectivity index (χ4n) is 4.78. The Bertz CT molecular complexity index is 1260. The lowest BCUT2D eigenvalue weighted by Crippen LogP contribution is -2.46. The van der Waals surface area contributed by atoms with E-state index in [1.807, 2.05) is 62.4 Å². The van der Waals surface area contributed by atoms with Gasteiger partial charge in [-0.2, -0.15) is 0 Å². The van der Waals surface area contributed by atoms with Crippen molar-refractivity contribution in [2.24, 2.45) is 0 Å². The standard InChI is InChI=1S/C28H31N3O4/c1-19-16-23(20(2)30(19)15-14-21-10-6-5-7-11-21)24(32)18-31-26(33)28(3,29-27(31)34)17-22-12-8-9-13-25(22)35-4/h5-13,16H,14-15,17-18H2,1-4H3,(H,29,34). The van der Waals surface area contributed by atoms with Crippen LogP contribution in [0.2, 0.25) is 0 Å². The number of methoxy groups -OCH3 is 1. The van der Waals surface area contributed by atoms with Gasteiger partial charge in [-0.15, -0.1) is 0 Å². The zero-order valence-corrected chi connectivity index (χ0v) is 20.6. The number of hydrogen-bond donors (Lipinski definition) is 1. The van der Waals surface area contributed by atoms with Crippen LogP contribution in [-0.2, 0) is 24.2 Å². The van der Waals surface area contributed by atoms with E-state index in [1.54, 1.807) is 14.0 Å². The van der Waals surface area contributed by atoms with Gasteiger partial charge in [0.25, 0.3) is 5.91 Å². The normalized spacial score (nSPS) is 17.5. The number of nitrogens with one attached hydrogen (secondary N) is 1. The molecule has 0 aliphatic carbocycles. The summed E-state index contributed by atoms with van der Waals surface area (Å²) in [6.07, 6.45) is 1.11. The number of rotatable bonds is 9. The third-order valence-electron chi connectivity index (χ3n) is 6.72. The molecule has 1 unspecified atom stereocenters. The summed E-state index contributed by atoms with van der Waals surface area (Å²) in [5.74, 6) is -0.0259. The maximum absolute atomic E-state index is 13.3. The van der Waals surface area contributed by atoms with E-state index in [0.717, 1.165) is 34.8 Å². The summed E-state index contributed by atoms with van der Waals surface area (Å²) < 4.78 is 7.50. The number of hydrogen-bond acceptors (Lipinski definition) is 4. The minimum absolute atomic E-state index is 0.255. The number of ketones is 1. The molecule has 0 saturated carbocycles. The monoisotopic (exact) mass is 473 g/mol. The third-order valence-corrected chi connectivity index (χ3v) is 6.72. The molecule has 3 aromatic rings. The Morgan fingerprint density at radius 2 is 1.71 bits per heavy atom. The first kappa shape index (κ1) is 24.3. The molecule has 7 nitrogen and oxygen atoms in total. The number of carbonyl (C=O) groups is 3. The van der Waals surface area contributed by atoms with E-state index >= 15 is 0 Å². The molecule has 1 aromatic heterocycles. The van der Waals surface area contributed by atoms with Crippen molar-refractivity contribution in [3.8, 4) is 5.75 Å². The van der Waals surface area contributed by atoms with Crippen molar-refractivity contribution in [3.63, 3.8) is 0 Å². The first-order valence-electron chi connectivity index (χ1n) is 11.7. The number of carbonyl (C=O) groups excluding carboxylic acids is 3. The van der Waals surface area contributed by atoms with Crippen LogP contribution in [0.4, 0.5) is 4.79 Å². The van der Waals surface area contributed by atoms with Gasteiger partial charge >= 0.3 is 6.03 Å². The largest absolute Gasteiger partial charge is 0.496 e. The average Bonchev–Trinajstić information content (AvgIpc) is 3.25.